The summed E-state index contributed by atoms with van der Waals surface area (Å²) in [6.07, 6.45) is 3.60. The predicted octanol–water partition coefficient (Wildman–Crippen LogP) is 3.72. The summed E-state index contributed by atoms with van der Waals surface area (Å²) in [6, 6.07) is 12.2. The zero-order valence-electron chi connectivity index (χ0n) is 14.1. The third-order valence-corrected chi connectivity index (χ3v) is 4.48. The minimum Gasteiger partial charge on any atom is -0.484 e. The first kappa shape index (κ1) is 18.4. The Morgan fingerprint density at radius 1 is 1.27 bits per heavy atom. The van der Waals surface area contributed by atoms with Crippen LogP contribution in [0, 0.1) is 5.82 Å². The van der Waals surface area contributed by atoms with E-state index in [-0.39, 0.29) is 12.4 Å². The van der Waals surface area contributed by atoms with E-state index in [4.69, 9.17) is 4.74 Å². The monoisotopic (exact) mass is 419 g/mol. The SMILES string of the molecule is O=C(COc1cccc(Br)c1)N/N=C/c1ccc(N2CCCC2)c(F)c1. The van der Waals surface area contributed by atoms with Crippen LogP contribution in [0.5, 0.6) is 5.75 Å². The van der Waals surface area contributed by atoms with Gasteiger partial charge in [0.2, 0.25) is 0 Å². The molecule has 1 heterocycles. The number of hydrogen-bond acceptors (Lipinski definition) is 4. The van der Waals surface area contributed by atoms with Crippen LogP contribution in [0.4, 0.5) is 10.1 Å². The molecular weight excluding hydrogens is 401 g/mol. The maximum Gasteiger partial charge on any atom is 0.277 e. The number of rotatable bonds is 6. The summed E-state index contributed by atoms with van der Waals surface area (Å²) in [4.78, 5) is 13.8. The summed E-state index contributed by atoms with van der Waals surface area (Å²) in [5.74, 6) is -0.0892. The van der Waals surface area contributed by atoms with Crippen LogP contribution in [-0.4, -0.2) is 31.8 Å². The first-order valence-corrected chi connectivity index (χ1v) is 9.16. The van der Waals surface area contributed by atoms with E-state index in [0.29, 0.717) is 17.0 Å². The summed E-state index contributed by atoms with van der Waals surface area (Å²) in [5.41, 5.74) is 3.56. The second kappa shape index (κ2) is 8.80. The van der Waals surface area contributed by atoms with Gasteiger partial charge < -0.3 is 9.64 Å². The van der Waals surface area contributed by atoms with E-state index >= 15 is 0 Å². The van der Waals surface area contributed by atoms with Crippen LogP contribution < -0.4 is 15.1 Å². The molecule has 1 saturated heterocycles. The number of nitrogens with one attached hydrogen (secondary N) is 1. The van der Waals surface area contributed by atoms with Gasteiger partial charge in [-0.15, -0.1) is 0 Å². The molecule has 5 nitrogen and oxygen atoms in total. The topological polar surface area (TPSA) is 53.9 Å². The molecule has 7 heteroatoms. The Morgan fingerprint density at radius 2 is 2.08 bits per heavy atom. The Labute approximate surface area is 160 Å². The maximum atomic E-state index is 14.2. The number of carbonyl (C=O) groups is 1. The molecule has 0 saturated carbocycles. The van der Waals surface area contributed by atoms with Crippen molar-refractivity contribution in [1.82, 2.24) is 5.43 Å². The average molecular weight is 420 g/mol. The molecule has 3 rings (SSSR count). The van der Waals surface area contributed by atoms with E-state index in [2.05, 4.69) is 26.5 Å². The van der Waals surface area contributed by atoms with Crippen LogP contribution >= 0.6 is 15.9 Å². The first-order chi connectivity index (χ1) is 12.6. The van der Waals surface area contributed by atoms with E-state index in [9.17, 15) is 9.18 Å². The molecule has 1 aliphatic rings. The quantitative estimate of drug-likeness (QED) is 0.573. The number of halogens is 2. The summed E-state index contributed by atoms with van der Waals surface area (Å²) < 4.78 is 20.4. The molecule has 26 heavy (non-hydrogen) atoms. The Balaban J connectivity index is 1.50. The van der Waals surface area contributed by atoms with Crippen molar-refractivity contribution in [3.63, 3.8) is 0 Å². The Kier molecular flexibility index (Phi) is 6.22. The van der Waals surface area contributed by atoms with Crippen LogP contribution in [-0.2, 0) is 4.79 Å². The van der Waals surface area contributed by atoms with Crippen molar-refractivity contribution in [2.24, 2.45) is 5.10 Å². The fourth-order valence-corrected chi connectivity index (χ4v) is 3.11. The molecule has 0 aliphatic carbocycles. The van der Waals surface area contributed by atoms with Gasteiger partial charge in [-0.2, -0.15) is 5.10 Å². The number of benzene rings is 2. The van der Waals surface area contributed by atoms with E-state index in [0.717, 1.165) is 30.4 Å². The van der Waals surface area contributed by atoms with Crippen LogP contribution in [0.3, 0.4) is 0 Å². The van der Waals surface area contributed by atoms with Crippen molar-refractivity contribution in [2.75, 3.05) is 24.6 Å². The number of amides is 1. The number of nitrogens with zero attached hydrogens (tertiary/aromatic N) is 2. The number of hydrogen-bond donors (Lipinski definition) is 1. The molecule has 1 N–H and O–H groups in total. The molecule has 136 valence electrons. The minimum atomic E-state index is -0.393. The van der Waals surface area contributed by atoms with Gasteiger partial charge in [-0.05, 0) is 48.7 Å². The molecule has 0 spiro atoms. The van der Waals surface area contributed by atoms with E-state index in [1.807, 2.05) is 17.0 Å². The lowest BCUT2D eigenvalue weighted by Gasteiger charge is -2.18. The van der Waals surface area contributed by atoms with Gasteiger partial charge in [0, 0.05) is 17.6 Å². The van der Waals surface area contributed by atoms with Gasteiger partial charge in [-0.1, -0.05) is 28.1 Å². The van der Waals surface area contributed by atoms with Gasteiger partial charge in [0.15, 0.2) is 6.61 Å². The second-order valence-electron chi connectivity index (χ2n) is 5.94. The van der Waals surface area contributed by atoms with Gasteiger partial charge in [0.05, 0.1) is 11.9 Å². The second-order valence-corrected chi connectivity index (χ2v) is 6.86. The first-order valence-electron chi connectivity index (χ1n) is 8.36. The number of ether oxygens (including phenoxy) is 1. The normalized spacial score (nSPS) is 14.0. The molecule has 2 aromatic carbocycles. The van der Waals surface area contributed by atoms with Crippen LogP contribution in [0.15, 0.2) is 52.0 Å². The van der Waals surface area contributed by atoms with Gasteiger partial charge >= 0.3 is 0 Å². The minimum absolute atomic E-state index is 0.157. The zero-order chi connectivity index (χ0) is 18.4. The Hall–Kier alpha value is -2.41. The third kappa shape index (κ3) is 5.05. The van der Waals surface area contributed by atoms with Crippen molar-refractivity contribution in [3.05, 3.63) is 58.3 Å². The van der Waals surface area contributed by atoms with E-state index in [1.54, 1.807) is 24.3 Å². The average Bonchev–Trinajstić information content (AvgIpc) is 3.14. The summed E-state index contributed by atoms with van der Waals surface area (Å²) in [6.45, 7) is 1.62. The van der Waals surface area contributed by atoms with Gasteiger partial charge in [0.1, 0.15) is 11.6 Å². The highest BCUT2D eigenvalue weighted by atomic mass is 79.9. The van der Waals surface area contributed by atoms with E-state index < -0.39 is 5.91 Å². The van der Waals surface area contributed by atoms with Crippen molar-refractivity contribution in [1.29, 1.82) is 0 Å². The molecule has 0 aromatic heterocycles. The molecule has 0 radical (unpaired) electrons. The van der Waals surface area contributed by atoms with Crippen LogP contribution in [0.1, 0.15) is 18.4 Å². The van der Waals surface area contributed by atoms with Crippen molar-refractivity contribution < 1.29 is 13.9 Å². The molecular formula is C19H19BrFN3O2. The highest BCUT2D eigenvalue weighted by Crippen LogP contribution is 2.24. The van der Waals surface area contributed by atoms with Gasteiger partial charge in [-0.3, -0.25) is 4.79 Å². The fraction of sp³-hybridized carbons (Fsp3) is 0.263. The van der Waals surface area contributed by atoms with Gasteiger partial charge in [-0.25, -0.2) is 9.82 Å². The van der Waals surface area contributed by atoms with Crippen molar-refractivity contribution in [3.8, 4) is 5.75 Å². The fourth-order valence-electron chi connectivity index (χ4n) is 2.73. The lowest BCUT2D eigenvalue weighted by Crippen LogP contribution is -2.24. The number of anilines is 1. The highest BCUT2D eigenvalue weighted by Gasteiger charge is 2.15. The maximum absolute atomic E-state index is 14.2. The molecule has 0 bridgehead atoms. The van der Waals surface area contributed by atoms with Gasteiger partial charge in [0.25, 0.3) is 5.91 Å². The van der Waals surface area contributed by atoms with Crippen molar-refractivity contribution in [2.45, 2.75) is 12.8 Å². The molecule has 1 fully saturated rings. The Bertz CT molecular complexity index is 807. The molecule has 0 atom stereocenters. The summed E-state index contributed by atoms with van der Waals surface area (Å²) in [5, 5.41) is 3.85. The van der Waals surface area contributed by atoms with Crippen molar-refractivity contribution >= 4 is 33.7 Å². The van der Waals surface area contributed by atoms with Crippen LogP contribution in [0.2, 0.25) is 0 Å². The molecule has 1 amide bonds. The largest absolute Gasteiger partial charge is 0.484 e. The number of carbonyl (C=O) groups excluding carboxylic acids is 1. The highest BCUT2D eigenvalue weighted by molar-refractivity contribution is 9.10. The third-order valence-electron chi connectivity index (χ3n) is 3.99. The lowest BCUT2D eigenvalue weighted by molar-refractivity contribution is -0.123. The predicted molar refractivity (Wildman–Crippen MR) is 103 cm³/mol. The zero-order valence-corrected chi connectivity index (χ0v) is 15.7. The smallest absolute Gasteiger partial charge is 0.277 e. The molecule has 1 aliphatic heterocycles. The Morgan fingerprint density at radius 3 is 2.81 bits per heavy atom. The molecule has 2 aromatic rings. The van der Waals surface area contributed by atoms with Crippen LogP contribution in [0.25, 0.3) is 0 Å². The summed E-state index contributed by atoms with van der Waals surface area (Å²) >= 11 is 3.33. The molecule has 0 unspecified atom stereocenters. The summed E-state index contributed by atoms with van der Waals surface area (Å²) in [7, 11) is 0. The number of hydrazone groups is 1. The lowest BCUT2D eigenvalue weighted by atomic mass is 10.2. The standard InChI is InChI=1S/C19H19BrFN3O2/c20-15-4-3-5-16(11-15)26-13-19(25)23-22-12-14-6-7-18(17(21)10-14)24-8-1-2-9-24/h3-7,10-12H,1-2,8-9,13H2,(H,23,25)/b22-12+. The van der Waals surface area contributed by atoms with E-state index in [1.165, 1.54) is 12.3 Å².